The third-order valence-corrected chi connectivity index (χ3v) is 4.54. The highest BCUT2D eigenvalue weighted by Crippen LogP contribution is 2.38. The molecule has 2 atom stereocenters. The van der Waals surface area contributed by atoms with Crippen LogP contribution in [0.1, 0.15) is 41.4 Å². The van der Waals surface area contributed by atoms with Crippen molar-refractivity contribution in [3.8, 4) is 0 Å². The van der Waals surface area contributed by atoms with E-state index in [2.05, 4.69) is 10.6 Å². The maximum absolute atomic E-state index is 12.9. The van der Waals surface area contributed by atoms with Crippen LogP contribution in [0.4, 0.5) is 5.69 Å². The lowest BCUT2D eigenvalue weighted by Crippen LogP contribution is -2.53. The van der Waals surface area contributed by atoms with Crippen molar-refractivity contribution in [3.63, 3.8) is 0 Å². The van der Waals surface area contributed by atoms with Crippen LogP contribution in [-0.2, 0) is 19.2 Å². The molecule has 0 aromatic heterocycles. The first-order valence-corrected chi connectivity index (χ1v) is 8.28. The molecule has 2 unspecified atom stereocenters. The number of amides is 3. The summed E-state index contributed by atoms with van der Waals surface area (Å²) in [7, 11) is 0. The van der Waals surface area contributed by atoms with Gasteiger partial charge in [0.25, 0.3) is 5.91 Å². The van der Waals surface area contributed by atoms with Gasteiger partial charge in [-0.3, -0.25) is 29.4 Å². The normalized spacial score (nSPS) is 21.7. The molecular weight excluding hydrogens is 358 g/mol. The second-order valence-corrected chi connectivity index (χ2v) is 6.23. The minimum Gasteiger partial charge on any atom is -0.476 e. The number of aliphatic carboxylic acids is 1. The van der Waals surface area contributed by atoms with Crippen LogP contribution in [0.2, 0.25) is 0 Å². The van der Waals surface area contributed by atoms with Crippen molar-refractivity contribution in [2.24, 2.45) is 0 Å². The summed E-state index contributed by atoms with van der Waals surface area (Å²) in [6.45, 7) is -0.0105. The Labute approximate surface area is 153 Å². The first-order valence-electron chi connectivity index (χ1n) is 8.28. The van der Waals surface area contributed by atoms with Crippen molar-refractivity contribution in [3.05, 3.63) is 29.3 Å². The van der Waals surface area contributed by atoms with Gasteiger partial charge in [-0.25, -0.2) is 4.79 Å². The van der Waals surface area contributed by atoms with Gasteiger partial charge in [-0.2, -0.15) is 0 Å². The van der Waals surface area contributed by atoms with Crippen molar-refractivity contribution in [2.45, 2.75) is 31.5 Å². The van der Waals surface area contributed by atoms with Gasteiger partial charge in [0.05, 0.1) is 5.56 Å². The van der Waals surface area contributed by atoms with Crippen molar-refractivity contribution in [1.29, 1.82) is 0 Å². The van der Waals surface area contributed by atoms with E-state index in [0.29, 0.717) is 11.3 Å². The number of imide groups is 1. The number of fused-ring (bicyclic) bond motifs is 1. The highest BCUT2D eigenvalue weighted by Gasteiger charge is 2.45. The van der Waals surface area contributed by atoms with E-state index in [4.69, 9.17) is 5.11 Å². The van der Waals surface area contributed by atoms with Gasteiger partial charge in [0, 0.05) is 30.6 Å². The molecule has 4 N–H and O–H groups in total. The highest BCUT2D eigenvalue weighted by atomic mass is 16.4. The summed E-state index contributed by atoms with van der Waals surface area (Å²) < 4.78 is 0. The number of piperidine rings is 1. The van der Waals surface area contributed by atoms with E-state index in [0.717, 1.165) is 4.90 Å². The molecule has 0 spiro atoms. The molecule has 0 saturated carbocycles. The number of carbonyl (C=O) groups excluding carboxylic acids is 4. The predicted octanol–water partition coefficient (Wildman–Crippen LogP) is -0.606. The summed E-state index contributed by atoms with van der Waals surface area (Å²) in [6, 6.07) is 3.71. The minimum absolute atomic E-state index is 0.0105. The number of hydrogen-bond acceptors (Lipinski definition) is 7. The molecule has 0 aliphatic carbocycles. The number of carboxylic acid groups (broad SMARTS) is 1. The zero-order valence-corrected chi connectivity index (χ0v) is 14.1. The highest BCUT2D eigenvalue weighted by molar-refractivity contribution is 6.32. The van der Waals surface area contributed by atoms with Gasteiger partial charge in [0.1, 0.15) is 6.04 Å². The molecule has 0 bridgehead atoms. The maximum atomic E-state index is 12.9. The first-order chi connectivity index (χ1) is 12.8. The van der Waals surface area contributed by atoms with Gasteiger partial charge in [-0.1, -0.05) is 12.1 Å². The van der Waals surface area contributed by atoms with E-state index in [1.54, 1.807) is 12.1 Å². The second-order valence-electron chi connectivity index (χ2n) is 6.23. The van der Waals surface area contributed by atoms with E-state index in [9.17, 15) is 29.1 Å². The molecule has 1 fully saturated rings. The quantitative estimate of drug-likeness (QED) is 0.379. The lowest BCUT2D eigenvalue weighted by molar-refractivity contribution is -0.148. The Hall–Kier alpha value is -3.27. The van der Waals surface area contributed by atoms with Crippen LogP contribution in [0.15, 0.2) is 18.2 Å². The number of Topliss-reactive ketones (excluding diaryl/α,β-unsaturated/α-hetero) is 1. The summed E-state index contributed by atoms with van der Waals surface area (Å²) >= 11 is 0. The summed E-state index contributed by atoms with van der Waals surface area (Å²) in [6.07, 6.45) is -1.45. The van der Waals surface area contributed by atoms with Crippen LogP contribution >= 0.6 is 0 Å². The Morgan fingerprint density at radius 3 is 2.67 bits per heavy atom. The third kappa shape index (κ3) is 3.38. The molecule has 142 valence electrons. The number of anilines is 1. The fraction of sp³-hybridized carbons (Fsp3) is 0.353. The molecule has 2 aliphatic heterocycles. The number of aliphatic hydroxyl groups excluding tert-OH is 1. The van der Waals surface area contributed by atoms with Crippen molar-refractivity contribution in [1.82, 2.24) is 10.2 Å². The van der Waals surface area contributed by atoms with E-state index in [-0.39, 0.29) is 31.4 Å². The van der Waals surface area contributed by atoms with Crippen molar-refractivity contribution < 1.29 is 34.2 Å². The summed E-state index contributed by atoms with van der Waals surface area (Å²) in [5, 5.41) is 24.1. The number of carboxylic acids is 1. The smallest absolute Gasteiger partial charge is 0.372 e. The number of ketones is 1. The number of hydrogen-bond donors (Lipinski definition) is 4. The Morgan fingerprint density at radius 2 is 2.00 bits per heavy atom. The zero-order chi connectivity index (χ0) is 19.7. The summed E-state index contributed by atoms with van der Waals surface area (Å²) in [5.74, 6) is -4.16. The van der Waals surface area contributed by atoms with Crippen LogP contribution in [-0.4, -0.2) is 57.2 Å². The van der Waals surface area contributed by atoms with Gasteiger partial charge >= 0.3 is 5.97 Å². The van der Waals surface area contributed by atoms with E-state index >= 15 is 0 Å². The standard InChI is InChI=1S/C17H17N3O7/c21-11(17(26)27)6-7-18-9-3-1-2-8-13(9)16(25)20(15(8)24)10-4-5-12(22)19-14(10)23/h1-3,10,15,18,24H,4-7H2,(H,26,27)(H,19,22,23). The van der Waals surface area contributed by atoms with E-state index < -0.39 is 41.7 Å². The fourth-order valence-electron chi connectivity index (χ4n) is 3.24. The first kappa shape index (κ1) is 18.5. The third-order valence-electron chi connectivity index (χ3n) is 4.54. The van der Waals surface area contributed by atoms with Gasteiger partial charge in [-0.15, -0.1) is 0 Å². The topological polar surface area (TPSA) is 153 Å². The number of nitrogens with zero attached hydrogens (tertiary/aromatic N) is 1. The molecule has 10 heteroatoms. The molecule has 1 saturated heterocycles. The molecule has 1 aromatic rings. The molecular formula is C17H17N3O7. The molecule has 1 aromatic carbocycles. The zero-order valence-electron chi connectivity index (χ0n) is 14.1. The molecule has 0 radical (unpaired) electrons. The molecule has 27 heavy (non-hydrogen) atoms. The average molecular weight is 375 g/mol. The monoisotopic (exact) mass is 375 g/mol. The van der Waals surface area contributed by atoms with Gasteiger partial charge in [0.2, 0.25) is 17.6 Å². The van der Waals surface area contributed by atoms with Crippen LogP contribution < -0.4 is 10.6 Å². The Kier molecular flexibility index (Phi) is 4.91. The Balaban J connectivity index is 1.81. The number of carbonyl (C=O) groups is 5. The number of rotatable bonds is 6. The van der Waals surface area contributed by atoms with Gasteiger partial charge in [0.15, 0.2) is 6.23 Å². The fourth-order valence-corrected chi connectivity index (χ4v) is 3.24. The molecule has 3 rings (SSSR count). The number of benzene rings is 1. The largest absolute Gasteiger partial charge is 0.476 e. The lowest BCUT2D eigenvalue weighted by atomic mass is 10.0. The predicted molar refractivity (Wildman–Crippen MR) is 89.5 cm³/mol. The average Bonchev–Trinajstić information content (AvgIpc) is 2.87. The summed E-state index contributed by atoms with van der Waals surface area (Å²) in [5.41, 5.74) is 0.765. The number of aliphatic hydroxyl groups is 1. The van der Waals surface area contributed by atoms with E-state index in [1.165, 1.54) is 6.07 Å². The second kappa shape index (κ2) is 7.16. The van der Waals surface area contributed by atoms with Crippen molar-refractivity contribution in [2.75, 3.05) is 11.9 Å². The van der Waals surface area contributed by atoms with Crippen molar-refractivity contribution >= 4 is 35.2 Å². The molecule has 10 nitrogen and oxygen atoms in total. The van der Waals surface area contributed by atoms with Gasteiger partial charge in [-0.05, 0) is 12.5 Å². The van der Waals surface area contributed by atoms with E-state index in [1.807, 2.05) is 0 Å². The summed E-state index contributed by atoms with van der Waals surface area (Å²) in [4.78, 5) is 59.0. The van der Waals surface area contributed by atoms with Crippen LogP contribution in [0, 0.1) is 0 Å². The SMILES string of the molecule is O=C1CCC(N2C(=O)c3c(NCCC(=O)C(=O)O)cccc3C2O)C(=O)N1. The Bertz CT molecular complexity index is 851. The molecule has 2 heterocycles. The van der Waals surface area contributed by atoms with Gasteiger partial charge < -0.3 is 15.5 Å². The number of nitrogens with one attached hydrogen (secondary N) is 2. The van der Waals surface area contributed by atoms with Crippen LogP contribution in [0.25, 0.3) is 0 Å². The molecule has 2 aliphatic rings. The lowest BCUT2D eigenvalue weighted by Gasteiger charge is -2.31. The van der Waals surface area contributed by atoms with Crippen LogP contribution in [0.5, 0.6) is 0 Å². The van der Waals surface area contributed by atoms with Crippen LogP contribution in [0.3, 0.4) is 0 Å². The maximum Gasteiger partial charge on any atom is 0.372 e. The minimum atomic E-state index is -1.54. The Morgan fingerprint density at radius 1 is 1.26 bits per heavy atom. The molecule has 3 amide bonds.